The van der Waals surface area contributed by atoms with Crippen LogP contribution in [0.4, 0.5) is 0 Å². The summed E-state index contributed by atoms with van der Waals surface area (Å²) in [7, 11) is 5.63. The van der Waals surface area contributed by atoms with Gasteiger partial charge < -0.3 is 19.7 Å². The Hall–Kier alpha value is -3.31. The Morgan fingerprint density at radius 2 is 1.55 bits per heavy atom. The van der Waals surface area contributed by atoms with Crippen molar-refractivity contribution in [2.24, 2.45) is 0 Å². The van der Waals surface area contributed by atoms with Crippen molar-refractivity contribution in [3.63, 3.8) is 0 Å². The van der Waals surface area contributed by atoms with Crippen molar-refractivity contribution in [2.45, 2.75) is 6.04 Å². The van der Waals surface area contributed by atoms with Gasteiger partial charge in [-0.05, 0) is 68.2 Å². The summed E-state index contributed by atoms with van der Waals surface area (Å²) in [5.41, 5.74) is 1.68. The molecule has 0 saturated heterocycles. The molecule has 3 rings (SSSR count). The molecular formula is C24H26N2O3. The van der Waals surface area contributed by atoms with Gasteiger partial charge in [0.25, 0.3) is 5.91 Å². The molecule has 5 heteroatoms. The van der Waals surface area contributed by atoms with Crippen LogP contribution in [0.3, 0.4) is 0 Å². The lowest BCUT2D eigenvalue weighted by atomic mass is 10.1. The minimum Gasteiger partial charge on any atom is -0.497 e. The van der Waals surface area contributed by atoms with Crippen LogP contribution in [0.5, 0.6) is 17.2 Å². The number of carbonyl (C=O) groups excluding carboxylic acids is 1. The van der Waals surface area contributed by atoms with Crippen LogP contribution < -0.4 is 14.8 Å². The molecule has 0 heterocycles. The Balaban J connectivity index is 1.62. The first-order valence-corrected chi connectivity index (χ1v) is 9.48. The maximum atomic E-state index is 12.6. The number of likely N-dealkylation sites (N-methyl/N-ethyl adjacent to an activating group) is 1. The van der Waals surface area contributed by atoms with E-state index in [1.54, 1.807) is 31.4 Å². The topological polar surface area (TPSA) is 50.8 Å². The van der Waals surface area contributed by atoms with Crippen LogP contribution >= 0.6 is 0 Å². The minimum absolute atomic E-state index is 0.0368. The molecule has 0 fully saturated rings. The van der Waals surface area contributed by atoms with E-state index in [1.807, 2.05) is 68.7 Å². The molecule has 0 aliphatic carbocycles. The van der Waals surface area contributed by atoms with Gasteiger partial charge >= 0.3 is 0 Å². The summed E-state index contributed by atoms with van der Waals surface area (Å²) in [5, 5.41) is 3.02. The summed E-state index contributed by atoms with van der Waals surface area (Å²) in [6, 6.07) is 24.6. The SMILES string of the molecule is COc1cccc([C@H](CNC(=O)c2ccc(Oc3ccccc3)cc2)N(C)C)c1. The number of para-hydroxylation sites is 1. The van der Waals surface area contributed by atoms with E-state index in [2.05, 4.69) is 10.2 Å². The first kappa shape index (κ1) is 20.4. The zero-order chi connectivity index (χ0) is 20.6. The van der Waals surface area contributed by atoms with Crippen LogP contribution in [0, 0.1) is 0 Å². The van der Waals surface area contributed by atoms with Crippen molar-refractivity contribution >= 4 is 5.91 Å². The van der Waals surface area contributed by atoms with E-state index in [-0.39, 0.29) is 11.9 Å². The smallest absolute Gasteiger partial charge is 0.251 e. The Morgan fingerprint density at radius 3 is 2.21 bits per heavy atom. The number of benzene rings is 3. The fourth-order valence-electron chi connectivity index (χ4n) is 3.04. The van der Waals surface area contributed by atoms with Gasteiger partial charge in [-0.15, -0.1) is 0 Å². The summed E-state index contributed by atoms with van der Waals surface area (Å²) < 4.78 is 11.1. The standard InChI is InChI=1S/C24H26N2O3/c1-26(2)23(19-8-7-11-22(16-19)28-3)17-25-24(27)18-12-14-21(15-13-18)29-20-9-5-4-6-10-20/h4-16,23H,17H2,1-3H3,(H,25,27)/t23-/m0/s1. The van der Waals surface area contributed by atoms with E-state index < -0.39 is 0 Å². The largest absolute Gasteiger partial charge is 0.497 e. The van der Waals surface area contributed by atoms with Crippen LogP contribution in [-0.4, -0.2) is 38.6 Å². The Morgan fingerprint density at radius 1 is 0.897 bits per heavy atom. The molecule has 0 aliphatic rings. The van der Waals surface area contributed by atoms with Gasteiger partial charge in [0.05, 0.1) is 13.2 Å². The average molecular weight is 390 g/mol. The summed E-state index contributed by atoms with van der Waals surface area (Å²) in [4.78, 5) is 14.7. The third kappa shape index (κ3) is 5.59. The number of hydrogen-bond acceptors (Lipinski definition) is 4. The lowest BCUT2D eigenvalue weighted by Crippen LogP contribution is -2.34. The number of amides is 1. The van der Waals surface area contributed by atoms with Gasteiger partial charge in [0.2, 0.25) is 0 Å². The van der Waals surface area contributed by atoms with E-state index >= 15 is 0 Å². The average Bonchev–Trinajstić information content (AvgIpc) is 2.75. The van der Waals surface area contributed by atoms with Crippen LogP contribution in [0.1, 0.15) is 22.0 Å². The molecule has 150 valence electrons. The summed E-state index contributed by atoms with van der Waals surface area (Å²) in [6.07, 6.45) is 0. The molecule has 3 aromatic carbocycles. The molecule has 0 aliphatic heterocycles. The van der Waals surface area contributed by atoms with Gasteiger partial charge in [-0.2, -0.15) is 0 Å². The normalized spacial score (nSPS) is 11.7. The van der Waals surface area contributed by atoms with E-state index in [0.717, 1.165) is 17.1 Å². The third-order valence-corrected chi connectivity index (χ3v) is 4.65. The predicted molar refractivity (Wildman–Crippen MR) is 115 cm³/mol. The predicted octanol–water partition coefficient (Wildman–Crippen LogP) is 4.52. The maximum absolute atomic E-state index is 12.6. The Bertz CT molecular complexity index is 924. The van der Waals surface area contributed by atoms with Gasteiger partial charge in [-0.3, -0.25) is 4.79 Å². The second kappa shape index (κ2) is 9.75. The summed E-state index contributed by atoms with van der Waals surface area (Å²) >= 11 is 0. The molecular weight excluding hydrogens is 364 g/mol. The molecule has 1 atom stereocenters. The van der Waals surface area contributed by atoms with Crippen LogP contribution in [-0.2, 0) is 0 Å². The van der Waals surface area contributed by atoms with Crippen LogP contribution in [0.15, 0.2) is 78.9 Å². The highest BCUT2D eigenvalue weighted by molar-refractivity contribution is 5.94. The van der Waals surface area contributed by atoms with Gasteiger partial charge in [-0.25, -0.2) is 0 Å². The van der Waals surface area contributed by atoms with Crippen LogP contribution in [0.2, 0.25) is 0 Å². The van der Waals surface area contributed by atoms with Crippen molar-refractivity contribution in [2.75, 3.05) is 27.7 Å². The number of ether oxygens (including phenoxy) is 2. The van der Waals surface area contributed by atoms with Crippen molar-refractivity contribution < 1.29 is 14.3 Å². The third-order valence-electron chi connectivity index (χ3n) is 4.65. The maximum Gasteiger partial charge on any atom is 0.251 e. The van der Waals surface area contributed by atoms with E-state index in [1.165, 1.54) is 0 Å². The fourth-order valence-corrected chi connectivity index (χ4v) is 3.04. The van der Waals surface area contributed by atoms with Crippen molar-refractivity contribution in [1.82, 2.24) is 10.2 Å². The number of hydrogen-bond donors (Lipinski definition) is 1. The molecule has 0 saturated carbocycles. The molecule has 29 heavy (non-hydrogen) atoms. The first-order chi connectivity index (χ1) is 14.1. The van der Waals surface area contributed by atoms with Crippen molar-refractivity contribution in [3.8, 4) is 17.2 Å². The number of rotatable bonds is 8. The Kier molecular flexibility index (Phi) is 6.87. The highest BCUT2D eigenvalue weighted by Crippen LogP contribution is 2.23. The Labute approximate surface area is 171 Å². The number of methoxy groups -OCH3 is 1. The molecule has 0 unspecified atom stereocenters. The summed E-state index contributed by atoms with van der Waals surface area (Å²) in [5.74, 6) is 2.13. The number of nitrogens with one attached hydrogen (secondary N) is 1. The van der Waals surface area contributed by atoms with Crippen molar-refractivity contribution in [3.05, 3.63) is 90.0 Å². The molecule has 1 N–H and O–H groups in total. The monoisotopic (exact) mass is 390 g/mol. The molecule has 0 spiro atoms. The van der Waals surface area contributed by atoms with Gasteiger partial charge in [0.15, 0.2) is 0 Å². The van der Waals surface area contributed by atoms with E-state index in [0.29, 0.717) is 17.9 Å². The van der Waals surface area contributed by atoms with Crippen LogP contribution in [0.25, 0.3) is 0 Å². The molecule has 0 bridgehead atoms. The molecule has 0 aromatic heterocycles. The summed E-state index contributed by atoms with van der Waals surface area (Å²) in [6.45, 7) is 0.487. The second-order valence-corrected chi connectivity index (χ2v) is 6.91. The van der Waals surface area contributed by atoms with Crippen molar-refractivity contribution in [1.29, 1.82) is 0 Å². The number of carbonyl (C=O) groups is 1. The zero-order valence-corrected chi connectivity index (χ0v) is 17.0. The number of nitrogens with zero attached hydrogens (tertiary/aromatic N) is 1. The lowest BCUT2D eigenvalue weighted by Gasteiger charge is -2.25. The minimum atomic E-state index is -0.119. The highest BCUT2D eigenvalue weighted by atomic mass is 16.5. The van der Waals surface area contributed by atoms with Gasteiger partial charge in [-0.1, -0.05) is 30.3 Å². The molecule has 0 radical (unpaired) electrons. The molecule has 3 aromatic rings. The fraction of sp³-hybridized carbons (Fsp3) is 0.208. The molecule has 1 amide bonds. The van der Waals surface area contributed by atoms with Gasteiger partial charge in [0, 0.05) is 12.1 Å². The van der Waals surface area contributed by atoms with Gasteiger partial charge in [0.1, 0.15) is 17.2 Å². The second-order valence-electron chi connectivity index (χ2n) is 6.91. The lowest BCUT2D eigenvalue weighted by molar-refractivity contribution is 0.0942. The highest BCUT2D eigenvalue weighted by Gasteiger charge is 2.16. The van der Waals surface area contributed by atoms with E-state index in [4.69, 9.17) is 9.47 Å². The first-order valence-electron chi connectivity index (χ1n) is 9.48. The zero-order valence-electron chi connectivity index (χ0n) is 17.0. The quantitative estimate of drug-likeness (QED) is 0.614. The van der Waals surface area contributed by atoms with E-state index in [9.17, 15) is 4.79 Å². The molecule has 5 nitrogen and oxygen atoms in total.